The van der Waals surface area contributed by atoms with E-state index in [4.69, 9.17) is 10.5 Å². The van der Waals surface area contributed by atoms with Crippen LogP contribution in [0, 0.1) is 11.3 Å². The van der Waals surface area contributed by atoms with Gasteiger partial charge in [0.05, 0.1) is 17.1 Å². The Kier molecular flexibility index (Phi) is 8.15. The van der Waals surface area contributed by atoms with Gasteiger partial charge in [0.15, 0.2) is 6.61 Å². The highest BCUT2D eigenvalue weighted by atomic mass is 79.9. The summed E-state index contributed by atoms with van der Waals surface area (Å²) >= 11 is 6.64. The predicted octanol–water partition coefficient (Wildman–Crippen LogP) is 3.41. The van der Waals surface area contributed by atoms with Gasteiger partial charge in [0, 0.05) is 15.7 Å². The molecule has 0 atom stereocenters. The van der Waals surface area contributed by atoms with Gasteiger partial charge in [0.2, 0.25) is 0 Å². The molecular weight excluding hydrogens is 522 g/mol. The third kappa shape index (κ3) is 6.17. The number of halogens is 2. The average molecular weight is 537 g/mol. The van der Waals surface area contributed by atoms with Gasteiger partial charge in [0.1, 0.15) is 17.4 Å². The lowest BCUT2D eigenvalue weighted by Gasteiger charge is -2.11. The molecule has 8 nitrogen and oxygen atoms in total. The zero-order valence-electron chi connectivity index (χ0n) is 15.6. The summed E-state index contributed by atoms with van der Waals surface area (Å²) in [6, 6.07) is 11.1. The highest BCUT2D eigenvalue weighted by Crippen LogP contribution is 2.34. The van der Waals surface area contributed by atoms with E-state index in [1.165, 1.54) is 37.5 Å². The Labute approximate surface area is 188 Å². The van der Waals surface area contributed by atoms with Gasteiger partial charge in [-0.05, 0) is 58.4 Å². The van der Waals surface area contributed by atoms with Crippen LogP contribution in [-0.2, 0) is 14.3 Å². The number of benzene rings is 2. The summed E-state index contributed by atoms with van der Waals surface area (Å²) in [6.45, 7) is -0.373. The monoisotopic (exact) mass is 535 g/mol. The SMILES string of the molecule is COC(=O)c1ccc(NC(=O)/C(C#N)=C\c2cc(Br)cc(Br)c2OCC(N)=O)cc1. The Hall–Kier alpha value is -3.16. The van der Waals surface area contributed by atoms with Crippen LogP contribution in [0.15, 0.2) is 50.9 Å². The van der Waals surface area contributed by atoms with Crippen molar-refractivity contribution in [3.05, 3.63) is 62.0 Å². The van der Waals surface area contributed by atoms with Crippen molar-refractivity contribution < 1.29 is 23.9 Å². The number of nitrogens with one attached hydrogen (secondary N) is 1. The number of esters is 1. The maximum atomic E-state index is 12.5. The Bertz CT molecular complexity index is 1060. The number of anilines is 1. The Morgan fingerprint density at radius 1 is 1.20 bits per heavy atom. The largest absolute Gasteiger partial charge is 0.482 e. The van der Waals surface area contributed by atoms with Crippen molar-refractivity contribution in [2.45, 2.75) is 0 Å². The van der Waals surface area contributed by atoms with E-state index in [-0.39, 0.29) is 17.9 Å². The molecule has 0 aromatic heterocycles. The summed E-state index contributed by atoms with van der Waals surface area (Å²) in [6.07, 6.45) is 1.32. The first-order valence-corrected chi connectivity index (χ1v) is 9.85. The van der Waals surface area contributed by atoms with Crippen molar-refractivity contribution >= 4 is 61.4 Å². The van der Waals surface area contributed by atoms with Gasteiger partial charge in [-0.15, -0.1) is 0 Å². The standard InChI is InChI=1S/C20H15Br2N3O5/c1-29-20(28)11-2-4-15(5-3-11)25-19(27)13(9-23)6-12-7-14(21)8-16(22)18(12)30-10-17(24)26/h2-8H,10H2,1H3,(H2,24,26)(H,25,27)/b13-6-. The first kappa shape index (κ1) is 23.1. The molecule has 0 spiro atoms. The summed E-state index contributed by atoms with van der Waals surface area (Å²) in [5.74, 6) is -1.59. The van der Waals surface area contributed by atoms with E-state index < -0.39 is 17.8 Å². The Balaban J connectivity index is 2.30. The summed E-state index contributed by atoms with van der Waals surface area (Å²) in [7, 11) is 1.27. The van der Waals surface area contributed by atoms with Crippen molar-refractivity contribution in [3.8, 4) is 11.8 Å². The number of carbonyl (C=O) groups excluding carboxylic acids is 3. The number of carbonyl (C=O) groups is 3. The molecule has 30 heavy (non-hydrogen) atoms. The highest BCUT2D eigenvalue weighted by Gasteiger charge is 2.15. The fourth-order valence-electron chi connectivity index (χ4n) is 2.29. The smallest absolute Gasteiger partial charge is 0.337 e. The number of nitriles is 1. The van der Waals surface area contributed by atoms with E-state index in [1.807, 2.05) is 6.07 Å². The number of nitrogens with zero attached hydrogens (tertiary/aromatic N) is 1. The molecule has 0 heterocycles. The molecule has 154 valence electrons. The number of rotatable bonds is 7. The van der Waals surface area contributed by atoms with Gasteiger partial charge < -0.3 is 20.5 Å². The maximum Gasteiger partial charge on any atom is 0.337 e. The van der Waals surface area contributed by atoms with Crippen LogP contribution in [0.5, 0.6) is 5.75 Å². The Morgan fingerprint density at radius 3 is 2.43 bits per heavy atom. The summed E-state index contributed by atoms with van der Waals surface area (Å²) in [4.78, 5) is 35.1. The van der Waals surface area contributed by atoms with Crippen LogP contribution in [0.2, 0.25) is 0 Å². The topological polar surface area (TPSA) is 132 Å². The third-order valence-corrected chi connectivity index (χ3v) is 4.67. The second kappa shape index (κ2) is 10.6. The van der Waals surface area contributed by atoms with Gasteiger partial charge in [-0.1, -0.05) is 15.9 Å². The fraction of sp³-hybridized carbons (Fsp3) is 0.100. The summed E-state index contributed by atoms with van der Waals surface area (Å²) in [5.41, 5.74) is 6.00. The molecular formula is C20H15Br2N3O5. The lowest BCUT2D eigenvalue weighted by molar-refractivity contribution is -0.120. The number of primary amides is 1. The highest BCUT2D eigenvalue weighted by molar-refractivity contribution is 9.11. The first-order chi connectivity index (χ1) is 14.2. The van der Waals surface area contributed by atoms with Crippen molar-refractivity contribution in [2.24, 2.45) is 5.73 Å². The molecule has 10 heteroatoms. The average Bonchev–Trinajstić information content (AvgIpc) is 2.70. The van der Waals surface area contributed by atoms with Crippen molar-refractivity contribution in [1.82, 2.24) is 0 Å². The molecule has 0 saturated carbocycles. The predicted molar refractivity (Wildman–Crippen MR) is 117 cm³/mol. The normalized spacial score (nSPS) is 10.7. The van der Waals surface area contributed by atoms with Crippen LogP contribution >= 0.6 is 31.9 Å². The fourth-order valence-corrected chi connectivity index (χ4v) is 3.67. The van der Waals surface area contributed by atoms with Crippen molar-refractivity contribution in [3.63, 3.8) is 0 Å². The molecule has 2 aromatic rings. The lowest BCUT2D eigenvalue weighted by atomic mass is 10.1. The minimum absolute atomic E-state index is 0.207. The van der Waals surface area contributed by atoms with Crippen LogP contribution < -0.4 is 15.8 Å². The first-order valence-electron chi connectivity index (χ1n) is 8.26. The van der Waals surface area contributed by atoms with Gasteiger partial charge in [-0.3, -0.25) is 9.59 Å². The number of ether oxygens (including phenoxy) is 2. The van der Waals surface area contributed by atoms with E-state index in [9.17, 15) is 19.6 Å². The van der Waals surface area contributed by atoms with Gasteiger partial charge >= 0.3 is 5.97 Å². The number of hydrogen-bond donors (Lipinski definition) is 2. The van der Waals surface area contributed by atoms with E-state index in [2.05, 4.69) is 41.9 Å². The molecule has 2 aromatic carbocycles. The van der Waals surface area contributed by atoms with Gasteiger partial charge in [0.25, 0.3) is 11.8 Å². The Morgan fingerprint density at radius 2 is 1.87 bits per heavy atom. The molecule has 0 bridgehead atoms. The molecule has 0 fully saturated rings. The number of hydrogen-bond acceptors (Lipinski definition) is 6. The zero-order valence-corrected chi connectivity index (χ0v) is 18.7. The van der Waals surface area contributed by atoms with Crippen LogP contribution in [0.25, 0.3) is 6.08 Å². The molecule has 3 N–H and O–H groups in total. The second-order valence-electron chi connectivity index (χ2n) is 5.75. The van der Waals surface area contributed by atoms with E-state index in [1.54, 1.807) is 12.1 Å². The quantitative estimate of drug-likeness (QED) is 0.316. The van der Waals surface area contributed by atoms with Crippen molar-refractivity contribution in [1.29, 1.82) is 5.26 Å². The van der Waals surface area contributed by atoms with Crippen LogP contribution in [0.1, 0.15) is 15.9 Å². The van der Waals surface area contributed by atoms with Crippen LogP contribution in [0.4, 0.5) is 5.69 Å². The molecule has 0 saturated heterocycles. The van der Waals surface area contributed by atoms with Gasteiger partial charge in [-0.2, -0.15) is 5.26 Å². The number of amides is 2. The number of nitrogens with two attached hydrogens (primary N) is 1. The number of methoxy groups -OCH3 is 1. The van der Waals surface area contributed by atoms with E-state index >= 15 is 0 Å². The lowest BCUT2D eigenvalue weighted by Crippen LogP contribution is -2.20. The molecule has 2 amide bonds. The zero-order chi connectivity index (χ0) is 22.3. The molecule has 0 aliphatic heterocycles. The third-order valence-electron chi connectivity index (χ3n) is 3.62. The maximum absolute atomic E-state index is 12.5. The second-order valence-corrected chi connectivity index (χ2v) is 7.52. The van der Waals surface area contributed by atoms with E-state index in [0.29, 0.717) is 25.8 Å². The summed E-state index contributed by atoms with van der Waals surface area (Å²) < 4.78 is 11.2. The van der Waals surface area contributed by atoms with Crippen molar-refractivity contribution in [2.75, 3.05) is 19.0 Å². The summed E-state index contributed by atoms with van der Waals surface area (Å²) in [5, 5.41) is 12.0. The molecule has 0 radical (unpaired) electrons. The molecule has 0 unspecified atom stereocenters. The molecule has 0 aliphatic carbocycles. The van der Waals surface area contributed by atoms with Crippen LogP contribution in [0.3, 0.4) is 0 Å². The minimum Gasteiger partial charge on any atom is -0.482 e. The molecule has 0 aliphatic rings. The molecule has 2 rings (SSSR count). The van der Waals surface area contributed by atoms with E-state index in [0.717, 1.165) is 0 Å². The van der Waals surface area contributed by atoms with Gasteiger partial charge in [-0.25, -0.2) is 4.79 Å². The minimum atomic E-state index is -0.673. The van der Waals surface area contributed by atoms with Crippen LogP contribution in [-0.4, -0.2) is 31.5 Å².